The Morgan fingerprint density at radius 1 is 1.21 bits per heavy atom. The lowest BCUT2D eigenvalue weighted by Crippen LogP contribution is -2.47. The van der Waals surface area contributed by atoms with Gasteiger partial charge in [-0.15, -0.1) is 17.0 Å². The van der Waals surface area contributed by atoms with E-state index in [0.29, 0.717) is 12.1 Å². The number of nitro benzene ring substituents is 1. The maximum Gasteiger partial charge on any atom is 0.275 e. The van der Waals surface area contributed by atoms with Gasteiger partial charge in [-0.05, 0) is 37.1 Å². The molecule has 2 aliphatic heterocycles. The zero-order valence-corrected chi connectivity index (χ0v) is 17.3. The molecule has 7 nitrogen and oxygen atoms in total. The highest BCUT2D eigenvalue weighted by atomic mass is 79.9. The Kier molecular flexibility index (Phi) is 5.71. The van der Waals surface area contributed by atoms with Gasteiger partial charge in [-0.1, -0.05) is 12.1 Å². The fraction of sp³-hybridized carbons (Fsp3) is 0.350. The predicted molar refractivity (Wildman–Crippen MR) is 112 cm³/mol. The van der Waals surface area contributed by atoms with Gasteiger partial charge in [-0.3, -0.25) is 14.7 Å². The summed E-state index contributed by atoms with van der Waals surface area (Å²) in [4.78, 5) is 12.7. The minimum Gasteiger partial charge on any atom is -0.497 e. The van der Waals surface area contributed by atoms with Crippen molar-refractivity contribution < 1.29 is 19.3 Å². The molecule has 2 aromatic rings. The molecular formula is C20H23BrN3O4+. The molecule has 0 radical (unpaired) electrons. The maximum absolute atomic E-state index is 11.7. The Bertz CT molecular complexity index is 916. The second-order valence-electron chi connectivity index (χ2n) is 6.95. The molecule has 0 bridgehead atoms. The molecule has 0 saturated heterocycles. The van der Waals surface area contributed by atoms with Crippen molar-refractivity contribution in [1.82, 2.24) is 0 Å². The summed E-state index contributed by atoms with van der Waals surface area (Å²) >= 11 is 0. The summed E-state index contributed by atoms with van der Waals surface area (Å²) in [6, 6.07) is 13.8. The number of hydrogen-bond donors (Lipinski definition) is 1. The molecule has 0 fully saturated rings. The molecule has 2 aromatic carbocycles. The van der Waals surface area contributed by atoms with Gasteiger partial charge in [-0.25, -0.2) is 0 Å². The number of amidine groups is 1. The highest BCUT2D eigenvalue weighted by Crippen LogP contribution is 2.39. The molecule has 0 spiro atoms. The van der Waals surface area contributed by atoms with Gasteiger partial charge in [0.25, 0.3) is 17.2 Å². The molecule has 0 aromatic heterocycles. The van der Waals surface area contributed by atoms with Gasteiger partial charge in [0.1, 0.15) is 11.4 Å². The minimum atomic E-state index is -1.36. The lowest BCUT2D eigenvalue weighted by Gasteiger charge is -2.28. The normalized spacial score (nSPS) is 21.1. The molecule has 1 N–H and O–H groups in total. The number of halogens is 1. The summed E-state index contributed by atoms with van der Waals surface area (Å²) in [5, 5.41) is 23.0. The van der Waals surface area contributed by atoms with E-state index in [4.69, 9.17) is 4.74 Å². The third-order valence-electron chi connectivity index (χ3n) is 5.33. The van der Waals surface area contributed by atoms with Crippen LogP contribution in [0.1, 0.15) is 24.8 Å². The number of nitrogens with zero attached hydrogens (tertiary/aromatic N) is 3. The van der Waals surface area contributed by atoms with Crippen molar-refractivity contribution in [3.05, 3.63) is 64.2 Å². The smallest absolute Gasteiger partial charge is 0.275 e. The van der Waals surface area contributed by atoms with Crippen molar-refractivity contribution in [3.63, 3.8) is 0 Å². The molecule has 2 aliphatic rings. The standard InChI is InChI=1S/C20H22N3O4.BrH/c1-27-18-10-8-16(9-11-18)22-19-7-2-3-12-21(19)14-20(22,24)15-5-4-6-17(13-15)23(25)26;/h4-6,8-11,13,24H,2-3,7,12,14H2,1H3;1H/q+1;. The average molecular weight is 449 g/mol. The Labute approximate surface area is 173 Å². The quantitative estimate of drug-likeness (QED) is 0.440. The number of hydrogen-bond acceptors (Lipinski definition) is 5. The van der Waals surface area contributed by atoms with Gasteiger partial charge >= 0.3 is 0 Å². The Balaban J connectivity index is 0.00000225. The SMILES string of the molecule is Br.COc1ccc(N2C3=[N+](CCCC3)CC2(O)c2cccc([N+](=O)[O-])c2)cc1. The predicted octanol–water partition coefficient (Wildman–Crippen LogP) is 3.44. The van der Waals surface area contributed by atoms with Crippen LogP contribution in [0.3, 0.4) is 0 Å². The summed E-state index contributed by atoms with van der Waals surface area (Å²) in [7, 11) is 1.61. The molecule has 1 unspecified atom stereocenters. The van der Waals surface area contributed by atoms with E-state index in [-0.39, 0.29) is 22.7 Å². The second kappa shape index (κ2) is 7.89. The number of nitro groups is 1. The first-order chi connectivity index (χ1) is 13.0. The Morgan fingerprint density at radius 2 is 1.96 bits per heavy atom. The highest BCUT2D eigenvalue weighted by Gasteiger charge is 2.54. The zero-order chi connectivity index (χ0) is 19.0. The van der Waals surface area contributed by atoms with E-state index in [0.717, 1.165) is 43.1 Å². The molecule has 0 aliphatic carbocycles. The average Bonchev–Trinajstić information content (AvgIpc) is 3.01. The van der Waals surface area contributed by atoms with Crippen molar-refractivity contribution in [3.8, 4) is 5.75 Å². The van der Waals surface area contributed by atoms with Crippen molar-refractivity contribution in [2.45, 2.75) is 25.0 Å². The number of ether oxygens (including phenoxy) is 1. The van der Waals surface area contributed by atoms with E-state index in [2.05, 4.69) is 4.58 Å². The first-order valence-electron chi connectivity index (χ1n) is 9.05. The largest absolute Gasteiger partial charge is 0.497 e. The van der Waals surface area contributed by atoms with Gasteiger partial charge in [0.05, 0.1) is 18.6 Å². The van der Waals surface area contributed by atoms with Gasteiger partial charge in [0.2, 0.25) is 0 Å². The number of rotatable bonds is 4. The monoisotopic (exact) mass is 448 g/mol. The third kappa shape index (κ3) is 3.38. The fourth-order valence-electron chi connectivity index (χ4n) is 4.03. The van der Waals surface area contributed by atoms with E-state index in [1.54, 1.807) is 19.2 Å². The zero-order valence-electron chi connectivity index (χ0n) is 15.6. The number of anilines is 1. The van der Waals surface area contributed by atoms with Crippen LogP contribution in [0.4, 0.5) is 11.4 Å². The fourth-order valence-corrected chi connectivity index (χ4v) is 4.03. The van der Waals surface area contributed by atoms with Crippen molar-refractivity contribution in [2.24, 2.45) is 0 Å². The Morgan fingerprint density at radius 3 is 2.64 bits per heavy atom. The van der Waals surface area contributed by atoms with Gasteiger partial charge in [0.15, 0.2) is 6.54 Å². The summed E-state index contributed by atoms with van der Waals surface area (Å²) in [6.45, 7) is 1.26. The van der Waals surface area contributed by atoms with Gasteiger partial charge < -0.3 is 9.84 Å². The Hall–Kier alpha value is -2.45. The van der Waals surface area contributed by atoms with Crippen molar-refractivity contribution in [2.75, 3.05) is 25.1 Å². The maximum atomic E-state index is 11.7. The number of non-ortho nitro benzene ring substituents is 1. The van der Waals surface area contributed by atoms with E-state index >= 15 is 0 Å². The van der Waals surface area contributed by atoms with E-state index in [9.17, 15) is 15.2 Å². The second-order valence-corrected chi connectivity index (χ2v) is 6.95. The van der Waals surface area contributed by atoms with Crippen LogP contribution in [0.2, 0.25) is 0 Å². The third-order valence-corrected chi connectivity index (χ3v) is 5.33. The van der Waals surface area contributed by atoms with Crippen molar-refractivity contribution in [1.29, 1.82) is 0 Å². The number of methoxy groups -OCH3 is 1. The molecule has 0 saturated carbocycles. The minimum absolute atomic E-state index is 0. The van der Waals surface area contributed by atoms with Crippen LogP contribution < -0.4 is 9.64 Å². The molecule has 148 valence electrons. The summed E-state index contributed by atoms with van der Waals surface area (Å²) in [5.41, 5.74) is -0.0237. The topological polar surface area (TPSA) is 78.8 Å². The van der Waals surface area contributed by atoms with E-state index < -0.39 is 10.6 Å². The first kappa shape index (κ1) is 20.3. The van der Waals surface area contributed by atoms with E-state index in [1.165, 1.54) is 12.1 Å². The van der Waals surface area contributed by atoms with Crippen LogP contribution in [0.25, 0.3) is 0 Å². The van der Waals surface area contributed by atoms with Crippen LogP contribution in [0, 0.1) is 10.1 Å². The molecule has 2 heterocycles. The van der Waals surface area contributed by atoms with Gasteiger partial charge in [0, 0.05) is 24.1 Å². The van der Waals surface area contributed by atoms with Crippen LogP contribution in [-0.4, -0.2) is 40.6 Å². The molecule has 1 atom stereocenters. The van der Waals surface area contributed by atoms with Crippen LogP contribution in [-0.2, 0) is 5.72 Å². The first-order valence-corrected chi connectivity index (χ1v) is 9.05. The lowest BCUT2D eigenvalue weighted by atomic mass is 10.00. The van der Waals surface area contributed by atoms with Gasteiger partial charge in [-0.2, -0.15) is 4.90 Å². The summed E-state index contributed by atoms with van der Waals surface area (Å²) in [6.07, 6.45) is 3.00. The number of benzene rings is 2. The van der Waals surface area contributed by atoms with Crippen LogP contribution >= 0.6 is 17.0 Å². The van der Waals surface area contributed by atoms with Crippen LogP contribution in [0.15, 0.2) is 48.5 Å². The molecular weight excluding hydrogens is 426 g/mol. The molecule has 8 heteroatoms. The van der Waals surface area contributed by atoms with Crippen molar-refractivity contribution >= 4 is 34.2 Å². The van der Waals surface area contributed by atoms with Crippen LogP contribution in [0.5, 0.6) is 5.75 Å². The molecule has 4 rings (SSSR count). The highest BCUT2D eigenvalue weighted by molar-refractivity contribution is 8.93. The summed E-state index contributed by atoms with van der Waals surface area (Å²) < 4.78 is 7.43. The molecule has 0 amide bonds. The lowest BCUT2D eigenvalue weighted by molar-refractivity contribution is -0.538. The number of aliphatic hydroxyl groups is 1. The summed E-state index contributed by atoms with van der Waals surface area (Å²) in [5.74, 6) is 1.79. The van der Waals surface area contributed by atoms with E-state index in [1.807, 2.05) is 29.2 Å². The molecule has 28 heavy (non-hydrogen) atoms.